The van der Waals surface area contributed by atoms with Crippen molar-refractivity contribution in [1.82, 2.24) is 10.3 Å². The van der Waals surface area contributed by atoms with Crippen LogP contribution in [0, 0.1) is 0 Å². The van der Waals surface area contributed by atoms with E-state index < -0.39 is 5.79 Å². The van der Waals surface area contributed by atoms with E-state index in [0.717, 1.165) is 42.9 Å². The van der Waals surface area contributed by atoms with Crippen molar-refractivity contribution in [3.8, 4) is 5.75 Å². The Bertz CT molecular complexity index is 841. The van der Waals surface area contributed by atoms with Crippen LogP contribution >= 0.6 is 0 Å². The molecule has 1 amide bonds. The third kappa shape index (κ3) is 4.52. The van der Waals surface area contributed by atoms with Gasteiger partial charge in [-0.05, 0) is 30.2 Å². The number of hydrogen-bond donors (Lipinski definition) is 1. The van der Waals surface area contributed by atoms with Crippen molar-refractivity contribution in [3.63, 3.8) is 0 Å². The first kappa shape index (κ1) is 19.7. The molecule has 3 heterocycles. The number of rotatable bonds is 6. The van der Waals surface area contributed by atoms with Gasteiger partial charge in [0.05, 0.1) is 20.3 Å². The Kier molecular flexibility index (Phi) is 5.97. The molecule has 154 valence electrons. The molecule has 0 unspecified atom stereocenters. The highest BCUT2D eigenvalue weighted by molar-refractivity contribution is 5.93. The van der Waals surface area contributed by atoms with Gasteiger partial charge in [0.1, 0.15) is 11.4 Å². The number of nitrogens with zero attached hydrogens (tertiary/aromatic N) is 2. The van der Waals surface area contributed by atoms with Crippen LogP contribution in [0.3, 0.4) is 0 Å². The summed E-state index contributed by atoms with van der Waals surface area (Å²) in [6.07, 6.45) is 4.05. The molecule has 4 rings (SSSR count). The fourth-order valence-corrected chi connectivity index (χ4v) is 3.94. The van der Waals surface area contributed by atoms with Crippen LogP contribution in [0.1, 0.15) is 28.9 Å². The Balaban J connectivity index is 1.33. The molecule has 7 heteroatoms. The molecule has 0 bridgehead atoms. The molecule has 2 aliphatic rings. The van der Waals surface area contributed by atoms with Gasteiger partial charge in [0.2, 0.25) is 0 Å². The SMILES string of the molecule is COc1ccccc1CCNC(=O)c1cc(N2CCC3(CC2)OCCO3)ccn1. The molecule has 2 aromatic rings. The van der Waals surface area contributed by atoms with Crippen LogP contribution in [-0.2, 0) is 15.9 Å². The molecule has 1 aromatic heterocycles. The largest absolute Gasteiger partial charge is 0.496 e. The van der Waals surface area contributed by atoms with E-state index in [-0.39, 0.29) is 5.91 Å². The lowest BCUT2D eigenvalue weighted by molar-refractivity contribution is -0.169. The first-order valence-corrected chi connectivity index (χ1v) is 10.1. The second kappa shape index (κ2) is 8.80. The minimum Gasteiger partial charge on any atom is -0.496 e. The van der Waals surface area contributed by atoms with Crippen molar-refractivity contribution < 1.29 is 19.0 Å². The zero-order valence-corrected chi connectivity index (χ0v) is 16.7. The lowest BCUT2D eigenvalue weighted by atomic mass is 10.0. The van der Waals surface area contributed by atoms with Crippen LogP contribution in [0.25, 0.3) is 0 Å². The number of para-hydroxylation sites is 1. The molecule has 0 saturated carbocycles. The van der Waals surface area contributed by atoms with E-state index in [0.29, 0.717) is 31.9 Å². The van der Waals surface area contributed by atoms with Crippen molar-refractivity contribution >= 4 is 11.6 Å². The second-order valence-electron chi connectivity index (χ2n) is 7.31. The van der Waals surface area contributed by atoms with Gasteiger partial charge in [0.15, 0.2) is 5.79 Å². The zero-order valence-electron chi connectivity index (χ0n) is 16.7. The smallest absolute Gasteiger partial charge is 0.269 e. The van der Waals surface area contributed by atoms with Crippen LogP contribution < -0.4 is 15.0 Å². The van der Waals surface area contributed by atoms with Crippen LogP contribution in [0.5, 0.6) is 5.75 Å². The van der Waals surface area contributed by atoms with Crippen molar-refractivity contribution in [3.05, 3.63) is 53.9 Å². The van der Waals surface area contributed by atoms with E-state index in [1.54, 1.807) is 13.3 Å². The fraction of sp³-hybridized carbons (Fsp3) is 0.455. The maximum Gasteiger partial charge on any atom is 0.269 e. The average Bonchev–Trinajstić information content (AvgIpc) is 3.22. The summed E-state index contributed by atoms with van der Waals surface area (Å²) in [7, 11) is 1.65. The number of piperidine rings is 1. The third-order valence-corrected chi connectivity index (χ3v) is 5.55. The van der Waals surface area contributed by atoms with E-state index in [1.165, 1.54) is 0 Å². The fourth-order valence-electron chi connectivity index (χ4n) is 3.94. The van der Waals surface area contributed by atoms with E-state index in [2.05, 4.69) is 15.2 Å². The first-order valence-electron chi connectivity index (χ1n) is 10.1. The quantitative estimate of drug-likeness (QED) is 0.807. The number of carbonyl (C=O) groups is 1. The molecule has 2 fully saturated rings. The Hall–Kier alpha value is -2.64. The number of carbonyl (C=O) groups excluding carboxylic acids is 1. The van der Waals surface area contributed by atoms with Crippen LogP contribution in [0.15, 0.2) is 42.6 Å². The number of benzene rings is 1. The molecular formula is C22H27N3O4. The monoisotopic (exact) mass is 397 g/mol. The van der Waals surface area contributed by atoms with E-state index >= 15 is 0 Å². The van der Waals surface area contributed by atoms with E-state index in [9.17, 15) is 4.79 Å². The van der Waals surface area contributed by atoms with Gasteiger partial charge in [0.25, 0.3) is 5.91 Å². The van der Waals surface area contributed by atoms with E-state index in [1.807, 2.05) is 36.4 Å². The summed E-state index contributed by atoms with van der Waals surface area (Å²) < 4.78 is 16.9. The van der Waals surface area contributed by atoms with Gasteiger partial charge in [-0.3, -0.25) is 9.78 Å². The van der Waals surface area contributed by atoms with Crippen molar-refractivity contribution in [2.45, 2.75) is 25.0 Å². The highest BCUT2D eigenvalue weighted by Crippen LogP contribution is 2.33. The molecule has 0 atom stereocenters. The summed E-state index contributed by atoms with van der Waals surface area (Å²) in [5, 5.41) is 2.95. The molecule has 29 heavy (non-hydrogen) atoms. The van der Waals surface area contributed by atoms with Crippen molar-refractivity contribution in [1.29, 1.82) is 0 Å². The van der Waals surface area contributed by atoms with Gasteiger partial charge in [-0.2, -0.15) is 0 Å². The third-order valence-electron chi connectivity index (χ3n) is 5.55. The van der Waals surface area contributed by atoms with Crippen LogP contribution in [0.4, 0.5) is 5.69 Å². The highest BCUT2D eigenvalue weighted by Gasteiger charge is 2.39. The molecule has 1 N–H and O–H groups in total. The highest BCUT2D eigenvalue weighted by atomic mass is 16.7. The number of hydrogen-bond acceptors (Lipinski definition) is 6. The Morgan fingerprint density at radius 2 is 1.97 bits per heavy atom. The number of ether oxygens (including phenoxy) is 3. The molecule has 7 nitrogen and oxygen atoms in total. The summed E-state index contributed by atoms with van der Waals surface area (Å²) in [4.78, 5) is 19.1. The summed E-state index contributed by atoms with van der Waals surface area (Å²) in [6, 6.07) is 11.6. The topological polar surface area (TPSA) is 72.9 Å². The normalized spacial score (nSPS) is 18.0. The van der Waals surface area contributed by atoms with E-state index in [4.69, 9.17) is 14.2 Å². The summed E-state index contributed by atoms with van der Waals surface area (Å²) >= 11 is 0. The molecule has 1 spiro atoms. The molecular weight excluding hydrogens is 370 g/mol. The number of pyridine rings is 1. The average molecular weight is 397 g/mol. The maximum atomic E-state index is 12.6. The van der Waals surface area contributed by atoms with Crippen molar-refractivity contribution in [2.75, 3.05) is 44.9 Å². The number of amides is 1. The van der Waals surface area contributed by atoms with Gasteiger partial charge in [-0.25, -0.2) is 0 Å². The minimum absolute atomic E-state index is 0.169. The van der Waals surface area contributed by atoms with Gasteiger partial charge in [-0.15, -0.1) is 0 Å². The lowest BCUT2D eigenvalue weighted by Crippen LogP contribution is -2.45. The molecule has 2 saturated heterocycles. The lowest BCUT2D eigenvalue weighted by Gasteiger charge is -2.38. The molecule has 1 aromatic carbocycles. The minimum atomic E-state index is -0.401. The maximum absolute atomic E-state index is 12.6. The predicted molar refractivity (Wildman–Crippen MR) is 109 cm³/mol. The van der Waals surface area contributed by atoms with Gasteiger partial charge >= 0.3 is 0 Å². The van der Waals surface area contributed by atoms with Gasteiger partial charge in [0, 0.05) is 44.4 Å². The number of nitrogens with one attached hydrogen (secondary N) is 1. The summed E-state index contributed by atoms with van der Waals surface area (Å²) in [5.74, 6) is 0.264. The predicted octanol–water partition coefficient (Wildman–Crippen LogP) is 2.41. The van der Waals surface area contributed by atoms with Gasteiger partial charge < -0.3 is 24.4 Å². The van der Waals surface area contributed by atoms with Crippen molar-refractivity contribution in [2.24, 2.45) is 0 Å². The molecule has 0 aliphatic carbocycles. The second-order valence-corrected chi connectivity index (χ2v) is 7.31. The van der Waals surface area contributed by atoms with Gasteiger partial charge in [-0.1, -0.05) is 18.2 Å². The first-order chi connectivity index (χ1) is 14.2. The Labute approximate surface area is 171 Å². The Morgan fingerprint density at radius 3 is 2.72 bits per heavy atom. The Morgan fingerprint density at radius 1 is 1.21 bits per heavy atom. The van der Waals surface area contributed by atoms with Crippen LogP contribution in [0.2, 0.25) is 0 Å². The number of aromatic nitrogens is 1. The summed E-state index contributed by atoms with van der Waals surface area (Å²) in [6.45, 7) is 3.53. The molecule has 2 aliphatic heterocycles. The van der Waals surface area contributed by atoms with Crippen LogP contribution in [-0.4, -0.2) is 56.6 Å². The number of methoxy groups -OCH3 is 1. The standard InChI is InChI=1S/C22H27N3O4/c1-27-20-5-3-2-4-17(20)6-10-24-21(26)19-16-18(7-11-23-19)25-12-8-22(9-13-25)28-14-15-29-22/h2-5,7,11,16H,6,8-10,12-15H2,1H3,(H,24,26). The summed E-state index contributed by atoms with van der Waals surface area (Å²) in [5.41, 5.74) is 2.49. The molecule has 0 radical (unpaired) electrons. The number of anilines is 1. The zero-order chi connectivity index (χ0) is 20.1.